The average molecular weight is 318 g/mol. The van der Waals surface area contributed by atoms with Gasteiger partial charge in [-0.1, -0.05) is 43.2 Å². The van der Waals surface area contributed by atoms with Gasteiger partial charge in [0.2, 0.25) is 0 Å². The van der Waals surface area contributed by atoms with Crippen LogP contribution in [0.1, 0.15) is 51.0 Å². The average Bonchev–Trinajstić information content (AvgIpc) is 3.02. The van der Waals surface area contributed by atoms with Crippen LogP contribution in [0.4, 0.5) is 0 Å². The Hall–Kier alpha value is -1.84. The second-order valence-corrected chi connectivity index (χ2v) is 6.47. The first kappa shape index (κ1) is 17.5. The number of hydrogen-bond donors (Lipinski definition) is 1. The van der Waals surface area contributed by atoms with Gasteiger partial charge in [-0.3, -0.25) is 9.59 Å². The summed E-state index contributed by atoms with van der Waals surface area (Å²) in [6, 6.07) is 9.98. The maximum absolute atomic E-state index is 12.3. The minimum absolute atomic E-state index is 0.254. The highest BCUT2D eigenvalue weighted by Gasteiger charge is 2.44. The molecule has 4 nitrogen and oxygen atoms in total. The van der Waals surface area contributed by atoms with Gasteiger partial charge in [0.05, 0.1) is 17.9 Å². The number of ether oxygens (including phenoxy) is 1. The number of aryl methyl sites for hydroxylation is 1. The Morgan fingerprint density at radius 3 is 2.43 bits per heavy atom. The number of carbonyl (C=O) groups excluding carboxylic acids is 1. The largest absolute Gasteiger partial charge is 0.481 e. The SMILES string of the molecule is CCOC(=O)C(CCc1ccccc1)CC1(C(=O)O)CCCC1. The first-order valence-electron chi connectivity index (χ1n) is 8.51. The summed E-state index contributed by atoms with van der Waals surface area (Å²) in [5.41, 5.74) is 0.422. The normalized spacial score (nSPS) is 17.6. The van der Waals surface area contributed by atoms with Crippen LogP contribution < -0.4 is 0 Å². The third kappa shape index (κ3) is 4.57. The van der Waals surface area contributed by atoms with E-state index in [1.807, 2.05) is 30.3 Å². The molecule has 1 atom stereocenters. The van der Waals surface area contributed by atoms with E-state index in [1.54, 1.807) is 6.92 Å². The van der Waals surface area contributed by atoms with E-state index in [4.69, 9.17) is 4.74 Å². The fraction of sp³-hybridized carbons (Fsp3) is 0.579. The number of rotatable bonds is 8. The molecule has 0 heterocycles. The maximum atomic E-state index is 12.3. The van der Waals surface area contributed by atoms with E-state index in [2.05, 4.69) is 0 Å². The Balaban J connectivity index is 2.07. The highest BCUT2D eigenvalue weighted by Crippen LogP contribution is 2.44. The van der Waals surface area contributed by atoms with Crippen molar-refractivity contribution < 1.29 is 19.4 Å². The fourth-order valence-electron chi connectivity index (χ4n) is 3.58. The van der Waals surface area contributed by atoms with Gasteiger partial charge < -0.3 is 9.84 Å². The van der Waals surface area contributed by atoms with Gasteiger partial charge >= 0.3 is 11.9 Å². The van der Waals surface area contributed by atoms with Crippen molar-refractivity contribution in [3.63, 3.8) is 0 Å². The zero-order valence-corrected chi connectivity index (χ0v) is 13.8. The van der Waals surface area contributed by atoms with Crippen LogP contribution in [0.3, 0.4) is 0 Å². The number of carboxylic acids is 1. The van der Waals surface area contributed by atoms with Gasteiger partial charge in [-0.05, 0) is 44.6 Å². The van der Waals surface area contributed by atoms with E-state index >= 15 is 0 Å². The number of carbonyl (C=O) groups is 2. The third-order valence-electron chi connectivity index (χ3n) is 4.90. The lowest BCUT2D eigenvalue weighted by Crippen LogP contribution is -2.33. The minimum Gasteiger partial charge on any atom is -0.481 e. The second kappa shape index (κ2) is 8.14. The predicted molar refractivity (Wildman–Crippen MR) is 88.0 cm³/mol. The third-order valence-corrected chi connectivity index (χ3v) is 4.90. The molecule has 1 aliphatic rings. The summed E-state index contributed by atoms with van der Waals surface area (Å²) in [4.78, 5) is 24.1. The Kier molecular flexibility index (Phi) is 6.20. The Morgan fingerprint density at radius 1 is 1.22 bits per heavy atom. The molecule has 126 valence electrons. The molecule has 1 unspecified atom stereocenters. The Bertz CT molecular complexity index is 517. The Morgan fingerprint density at radius 2 is 1.87 bits per heavy atom. The molecule has 1 N–H and O–H groups in total. The lowest BCUT2D eigenvalue weighted by molar-refractivity contribution is -0.154. The van der Waals surface area contributed by atoms with Crippen molar-refractivity contribution >= 4 is 11.9 Å². The minimum atomic E-state index is -0.760. The zero-order valence-electron chi connectivity index (χ0n) is 13.8. The summed E-state index contributed by atoms with van der Waals surface area (Å²) in [5.74, 6) is -1.36. The number of carboxylic acid groups (broad SMARTS) is 1. The number of esters is 1. The van der Waals surface area contributed by atoms with Crippen LogP contribution in [-0.2, 0) is 20.7 Å². The van der Waals surface area contributed by atoms with Gasteiger partial charge in [-0.2, -0.15) is 0 Å². The quantitative estimate of drug-likeness (QED) is 0.740. The molecule has 1 aromatic carbocycles. The zero-order chi connectivity index (χ0) is 16.7. The summed E-state index contributed by atoms with van der Waals surface area (Å²) < 4.78 is 5.20. The smallest absolute Gasteiger partial charge is 0.309 e. The molecule has 4 heteroatoms. The van der Waals surface area contributed by atoms with Crippen LogP contribution in [-0.4, -0.2) is 23.7 Å². The molecule has 0 aliphatic heterocycles. The second-order valence-electron chi connectivity index (χ2n) is 6.47. The van der Waals surface area contributed by atoms with E-state index in [0.717, 1.165) is 24.8 Å². The number of benzene rings is 1. The lowest BCUT2D eigenvalue weighted by atomic mass is 9.76. The molecule has 0 aromatic heterocycles. The van der Waals surface area contributed by atoms with Crippen molar-refractivity contribution in [2.45, 2.75) is 51.9 Å². The van der Waals surface area contributed by atoms with Gasteiger partial charge in [0.1, 0.15) is 0 Å². The molecule has 0 radical (unpaired) electrons. The maximum Gasteiger partial charge on any atom is 0.309 e. The van der Waals surface area contributed by atoms with Crippen LogP contribution in [0.25, 0.3) is 0 Å². The van der Waals surface area contributed by atoms with Crippen LogP contribution in [0, 0.1) is 11.3 Å². The van der Waals surface area contributed by atoms with E-state index < -0.39 is 11.4 Å². The molecule has 0 bridgehead atoms. The summed E-state index contributed by atoms with van der Waals surface area (Å²) in [7, 11) is 0. The molecule has 23 heavy (non-hydrogen) atoms. The van der Waals surface area contributed by atoms with Crippen molar-refractivity contribution in [3.05, 3.63) is 35.9 Å². The molecule has 1 aliphatic carbocycles. The van der Waals surface area contributed by atoms with Gasteiger partial charge in [0.15, 0.2) is 0 Å². The van der Waals surface area contributed by atoms with Crippen LogP contribution in [0.5, 0.6) is 0 Å². The number of hydrogen-bond acceptors (Lipinski definition) is 3. The van der Waals surface area contributed by atoms with Gasteiger partial charge in [0.25, 0.3) is 0 Å². The summed E-state index contributed by atoms with van der Waals surface area (Å²) in [5, 5.41) is 9.66. The molecule has 1 fully saturated rings. The molecule has 1 saturated carbocycles. The van der Waals surface area contributed by atoms with Gasteiger partial charge in [-0.25, -0.2) is 0 Å². The van der Waals surface area contributed by atoms with Crippen molar-refractivity contribution in [1.29, 1.82) is 0 Å². The Labute approximate surface area is 137 Å². The van der Waals surface area contributed by atoms with Crippen molar-refractivity contribution in [1.82, 2.24) is 0 Å². The molecular formula is C19H26O4. The van der Waals surface area contributed by atoms with E-state index in [1.165, 1.54) is 0 Å². The molecule has 2 rings (SSSR count). The van der Waals surface area contributed by atoms with Crippen molar-refractivity contribution in [2.75, 3.05) is 6.61 Å². The summed E-state index contributed by atoms with van der Waals surface area (Å²) >= 11 is 0. The molecule has 0 saturated heterocycles. The first-order chi connectivity index (χ1) is 11.1. The molecular weight excluding hydrogens is 292 g/mol. The van der Waals surface area contributed by atoms with E-state index in [9.17, 15) is 14.7 Å². The lowest BCUT2D eigenvalue weighted by Gasteiger charge is -2.28. The van der Waals surface area contributed by atoms with Crippen LogP contribution in [0.2, 0.25) is 0 Å². The molecule has 0 spiro atoms. The monoisotopic (exact) mass is 318 g/mol. The van der Waals surface area contributed by atoms with Crippen molar-refractivity contribution in [2.24, 2.45) is 11.3 Å². The predicted octanol–water partition coefficient (Wildman–Crippen LogP) is 3.83. The van der Waals surface area contributed by atoms with E-state index in [0.29, 0.717) is 32.3 Å². The van der Waals surface area contributed by atoms with Gasteiger partial charge in [-0.15, -0.1) is 0 Å². The van der Waals surface area contributed by atoms with Crippen molar-refractivity contribution in [3.8, 4) is 0 Å². The molecule has 0 amide bonds. The number of aliphatic carboxylic acids is 1. The summed E-state index contributed by atoms with van der Waals surface area (Å²) in [6.45, 7) is 2.12. The first-order valence-corrected chi connectivity index (χ1v) is 8.51. The highest BCUT2D eigenvalue weighted by atomic mass is 16.5. The molecule has 1 aromatic rings. The standard InChI is InChI=1S/C19H26O4/c1-2-23-17(20)16(11-10-15-8-4-3-5-9-15)14-19(18(21)22)12-6-7-13-19/h3-5,8-9,16H,2,6-7,10-14H2,1H3,(H,21,22). The highest BCUT2D eigenvalue weighted by molar-refractivity contribution is 5.78. The topological polar surface area (TPSA) is 63.6 Å². The van der Waals surface area contributed by atoms with Crippen LogP contribution in [0.15, 0.2) is 30.3 Å². The van der Waals surface area contributed by atoms with E-state index in [-0.39, 0.29) is 11.9 Å². The summed E-state index contributed by atoms with van der Waals surface area (Å²) in [6.07, 6.45) is 5.00. The van der Waals surface area contributed by atoms with Gasteiger partial charge in [0, 0.05) is 0 Å². The van der Waals surface area contributed by atoms with Crippen LogP contribution >= 0.6 is 0 Å². The fourth-order valence-corrected chi connectivity index (χ4v) is 3.58.